The zero-order valence-corrected chi connectivity index (χ0v) is 20.1. The summed E-state index contributed by atoms with van der Waals surface area (Å²) in [6.07, 6.45) is 0.605. The number of fused-ring (bicyclic) bond motifs is 1. The molecule has 7 nitrogen and oxygen atoms in total. The first-order valence-electron chi connectivity index (χ1n) is 10.7. The maximum atomic E-state index is 12.3. The normalized spacial score (nSPS) is 25.3. The van der Waals surface area contributed by atoms with Crippen LogP contribution in [-0.4, -0.2) is 65.7 Å². The number of ether oxygens (including phenoxy) is 1. The van der Waals surface area contributed by atoms with Crippen LogP contribution in [0.5, 0.6) is 5.75 Å². The Morgan fingerprint density at radius 2 is 1.88 bits per heavy atom. The van der Waals surface area contributed by atoms with Gasteiger partial charge in [0.2, 0.25) is 0 Å². The standard InChI is InChI=1S/C23H22Cl3N3O4/c1-27-11-21(31)29(23(27)32)13-2-3-20(18(26)8-13)33-22-16-6-12(24)7-17(25)15(16)9-19(22)28-5-4-14(30)10-28/h2-3,6-8,14,19,22,30H,4-5,9-11H2,1H3/t14-,19+,22+/m1/s1. The van der Waals surface area contributed by atoms with Gasteiger partial charge in [-0.05, 0) is 48.7 Å². The van der Waals surface area contributed by atoms with Gasteiger partial charge in [0, 0.05) is 35.7 Å². The Balaban J connectivity index is 1.46. The SMILES string of the molecule is CN1CC(=O)N(c2ccc(O[C@H]3c4cc(Cl)cc(Cl)c4C[C@@H]3N3CC[C@@H](O)C3)c(Cl)c2)C1=O. The molecular formula is C23H22Cl3N3O4. The number of hydrogen-bond acceptors (Lipinski definition) is 5. The van der Waals surface area contributed by atoms with Crippen molar-refractivity contribution in [1.82, 2.24) is 9.80 Å². The van der Waals surface area contributed by atoms with E-state index < -0.39 is 12.1 Å². The van der Waals surface area contributed by atoms with Crippen molar-refractivity contribution in [1.29, 1.82) is 0 Å². The summed E-state index contributed by atoms with van der Waals surface area (Å²) >= 11 is 19.3. The Morgan fingerprint density at radius 3 is 2.52 bits per heavy atom. The highest BCUT2D eigenvalue weighted by Crippen LogP contribution is 2.44. The molecule has 2 fully saturated rings. The molecular weight excluding hydrogens is 489 g/mol. The Morgan fingerprint density at radius 1 is 1.09 bits per heavy atom. The van der Waals surface area contributed by atoms with Crippen LogP contribution in [0.2, 0.25) is 15.1 Å². The first-order valence-corrected chi connectivity index (χ1v) is 11.8. The molecule has 3 amide bonds. The minimum atomic E-state index is -0.397. The minimum Gasteiger partial charge on any atom is -0.482 e. The quantitative estimate of drug-likeness (QED) is 0.626. The predicted molar refractivity (Wildman–Crippen MR) is 126 cm³/mol. The van der Waals surface area contributed by atoms with E-state index in [9.17, 15) is 14.7 Å². The minimum absolute atomic E-state index is 0.0262. The van der Waals surface area contributed by atoms with Gasteiger partial charge in [-0.15, -0.1) is 0 Å². The highest BCUT2D eigenvalue weighted by atomic mass is 35.5. The molecule has 3 atom stereocenters. The molecule has 0 saturated carbocycles. The van der Waals surface area contributed by atoms with Crippen molar-refractivity contribution in [2.45, 2.75) is 31.1 Å². The fourth-order valence-electron chi connectivity index (χ4n) is 4.88. The van der Waals surface area contributed by atoms with E-state index in [0.29, 0.717) is 40.9 Å². The first-order chi connectivity index (χ1) is 15.7. The van der Waals surface area contributed by atoms with Gasteiger partial charge >= 0.3 is 6.03 Å². The average Bonchev–Trinajstić information content (AvgIpc) is 3.40. The van der Waals surface area contributed by atoms with Gasteiger partial charge in [-0.2, -0.15) is 0 Å². The van der Waals surface area contributed by atoms with Gasteiger partial charge < -0.3 is 14.7 Å². The highest BCUT2D eigenvalue weighted by Gasteiger charge is 2.42. The second-order valence-electron chi connectivity index (χ2n) is 8.69. The van der Waals surface area contributed by atoms with Crippen molar-refractivity contribution in [3.8, 4) is 5.75 Å². The van der Waals surface area contributed by atoms with Gasteiger partial charge in [0.05, 0.1) is 22.9 Å². The summed E-state index contributed by atoms with van der Waals surface area (Å²) in [5.74, 6) is 0.112. The van der Waals surface area contributed by atoms with Crippen LogP contribution in [0.3, 0.4) is 0 Å². The van der Waals surface area contributed by atoms with Gasteiger partial charge in [0.25, 0.3) is 5.91 Å². The molecule has 0 bridgehead atoms. The number of carbonyl (C=O) groups excluding carboxylic acids is 2. The highest BCUT2D eigenvalue weighted by molar-refractivity contribution is 6.35. The maximum absolute atomic E-state index is 12.3. The van der Waals surface area contributed by atoms with Gasteiger partial charge in [0.15, 0.2) is 0 Å². The van der Waals surface area contributed by atoms with E-state index in [1.54, 1.807) is 31.3 Å². The van der Waals surface area contributed by atoms with Gasteiger partial charge in [0.1, 0.15) is 18.4 Å². The molecule has 2 aromatic rings. The molecule has 0 radical (unpaired) electrons. The molecule has 174 valence electrons. The molecule has 1 aliphatic carbocycles. The maximum Gasteiger partial charge on any atom is 0.331 e. The van der Waals surface area contributed by atoms with Crippen LogP contribution in [0.15, 0.2) is 30.3 Å². The Hall–Kier alpha value is -2.03. The lowest BCUT2D eigenvalue weighted by Crippen LogP contribution is -2.39. The smallest absolute Gasteiger partial charge is 0.331 e. The number of nitrogens with zero attached hydrogens (tertiary/aromatic N) is 3. The second kappa shape index (κ2) is 8.64. The van der Waals surface area contributed by atoms with E-state index in [1.165, 1.54) is 4.90 Å². The molecule has 2 aromatic carbocycles. The zero-order valence-electron chi connectivity index (χ0n) is 17.8. The van der Waals surface area contributed by atoms with Gasteiger partial charge in [-0.3, -0.25) is 9.69 Å². The van der Waals surface area contributed by atoms with Crippen molar-refractivity contribution >= 4 is 52.4 Å². The topological polar surface area (TPSA) is 73.3 Å². The van der Waals surface area contributed by atoms with E-state index in [2.05, 4.69) is 4.90 Å². The molecule has 0 aromatic heterocycles. The molecule has 1 N–H and O–H groups in total. The van der Waals surface area contributed by atoms with Crippen molar-refractivity contribution in [2.75, 3.05) is 31.6 Å². The lowest BCUT2D eigenvalue weighted by atomic mass is 10.1. The van der Waals surface area contributed by atoms with Crippen molar-refractivity contribution in [3.05, 3.63) is 56.5 Å². The summed E-state index contributed by atoms with van der Waals surface area (Å²) in [4.78, 5) is 29.2. The van der Waals surface area contributed by atoms with Crippen LogP contribution in [0.1, 0.15) is 23.7 Å². The number of β-amino-alcohol motifs (C(OH)–C–C–N with tert-alkyl or cyclic N) is 1. The third kappa shape index (κ3) is 4.06. The number of aliphatic hydroxyl groups is 1. The van der Waals surface area contributed by atoms with Crippen molar-refractivity contribution in [2.24, 2.45) is 0 Å². The van der Waals surface area contributed by atoms with Gasteiger partial charge in [-0.25, -0.2) is 9.69 Å². The Kier molecular flexibility index (Phi) is 5.95. The monoisotopic (exact) mass is 509 g/mol. The predicted octanol–water partition coefficient (Wildman–Crippen LogP) is 4.16. The first kappa shape index (κ1) is 22.7. The third-order valence-corrected chi connectivity index (χ3v) is 7.35. The largest absolute Gasteiger partial charge is 0.482 e. The summed E-state index contributed by atoms with van der Waals surface area (Å²) in [6.45, 7) is 1.34. The molecule has 10 heteroatoms. The Bertz CT molecular complexity index is 1140. The number of likely N-dealkylation sites (tertiary alicyclic amines) is 1. The van der Waals surface area contributed by atoms with Crippen molar-refractivity contribution < 1.29 is 19.4 Å². The molecule has 33 heavy (non-hydrogen) atoms. The number of aliphatic hydroxyl groups excluding tert-OH is 1. The summed E-state index contributed by atoms with van der Waals surface area (Å²) in [5.41, 5.74) is 2.26. The lowest BCUT2D eigenvalue weighted by molar-refractivity contribution is -0.116. The van der Waals surface area contributed by atoms with E-state index in [0.717, 1.165) is 22.6 Å². The fourth-order valence-corrected chi connectivity index (χ4v) is 5.69. The van der Waals surface area contributed by atoms with E-state index in [1.807, 2.05) is 6.07 Å². The number of carbonyl (C=O) groups is 2. The molecule has 2 heterocycles. The summed E-state index contributed by atoms with van der Waals surface area (Å²) < 4.78 is 6.42. The lowest BCUT2D eigenvalue weighted by Gasteiger charge is -2.30. The molecule has 3 aliphatic rings. The summed E-state index contributed by atoms with van der Waals surface area (Å²) in [6, 6.07) is 8.01. The van der Waals surface area contributed by atoms with E-state index >= 15 is 0 Å². The number of hydrogen-bond donors (Lipinski definition) is 1. The molecule has 0 spiro atoms. The van der Waals surface area contributed by atoms with Crippen LogP contribution in [0.4, 0.5) is 10.5 Å². The van der Waals surface area contributed by atoms with Crippen LogP contribution >= 0.6 is 34.8 Å². The van der Waals surface area contributed by atoms with E-state index in [-0.39, 0.29) is 29.6 Å². The number of halogens is 3. The molecule has 2 aliphatic heterocycles. The number of benzene rings is 2. The second-order valence-corrected chi connectivity index (χ2v) is 9.94. The summed E-state index contributed by atoms with van der Waals surface area (Å²) in [7, 11) is 1.57. The number of rotatable bonds is 4. The van der Waals surface area contributed by atoms with E-state index in [4.69, 9.17) is 39.5 Å². The van der Waals surface area contributed by atoms with Crippen LogP contribution in [0, 0.1) is 0 Å². The average molecular weight is 511 g/mol. The number of imide groups is 1. The number of amides is 3. The number of likely N-dealkylation sites (N-methyl/N-ethyl adjacent to an activating group) is 1. The molecule has 0 unspecified atom stereocenters. The fraction of sp³-hybridized carbons (Fsp3) is 0.391. The third-order valence-electron chi connectivity index (χ3n) is 6.50. The molecule has 5 rings (SSSR count). The van der Waals surface area contributed by atoms with Crippen molar-refractivity contribution in [3.63, 3.8) is 0 Å². The van der Waals surface area contributed by atoms with Crippen LogP contribution in [-0.2, 0) is 11.2 Å². The Labute approximate surface area is 206 Å². The summed E-state index contributed by atoms with van der Waals surface area (Å²) in [5, 5.41) is 11.5. The number of urea groups is 1. The van der Waals surface area contributed by atoms with Gasteiger partial charge in [-0.1, -0.05) is 34.8 Å². The van der Waals surface area contributed by atoms with Crippen LogP contribution in [0.25, 0.3) is 0 Å². The zero-order chi connectivity index (χ0) is 23.4. The van der Waals surface area contributed by atoms with Crippen LogP contribution < -0.4 is 9.64 Å². The number of anilines is 1. The molecule has 2 saturated heterocycles.